The summed E-state index contributed by atoms with van der Waals surface area (Å²) in [6.45, 7) is 2.52. The molecule has 2 rings (SSSR count). The quantitative estimate of drug-likeness (QED) is 0.779. The van der Waals surface area contributed by atoms with Crippen molar-refractivity contribution in [3.8, 4) is 5.75 Å². The van der Waals surface area contributed by atoms with Crippen LogP contribution in [0.4, 0.5) is 5.69 Å². The van der Waals surface area contributed by atoms with Gasteiger partial charge in [0.1, 0.15) is 5.75 Å². The number of nitrogens with one attached hydrogen (secondary N) is 2. The first-order chi connectivity index (χ1) is 11.0. The number of hydrogen-bond donors (Lipinski definition) is 2. The van der Waals surface area contributed by atoms with E-state index >= 15 is 0 Å². The second-order valence-electron chi connectivity index (χ2n) is 4.49. The fourth-order valence-corrected chi connectivity index (χ4v) is 2.51. The molecule has 2 N–H and O–H groups in total. The molecular formula is C16H14Cl2N2O2S. The van der Waals surface area contributed by atoms with E-state index in [0.717, 1.165) is 11.4 Å². The van der Waals surface area contributed by atoms with E-state index < -0.39 is 5.91 Å². The first-order valence-corrected chi connectivity index (χ1v) is 7.96. The standard InChI is InChI=1S/C16H14Cl2N2O2S/c1-2-22-12-6-4-11(5-7-12)19-16(23)20-15(21)13-8-3-10(17)9-14(13)18/h3-9H,2H2,1H3,(H2,19,20,21,23). The number of amides is 1. The van der Waals surface area contributed by atoms with Crippen molar-refractivity contribution in [3.05, 3.63) is 58.1 Å². The topological polar surface area (TPSA) is 50.4 Å². The molecule has 120 valence electrons. The highest BCUT2D eigenvalue weighted by Crippen LogP contribution is 2.21. The van der Waals surface area contributed by atoms with Gasteiger partial charge in [0.15, 0.2) is 5.11 Å². The van der Waals surface area contributed by atoms with E-state index in [1.165, 1.54) is 6.07 Å². The molecule has 0 atom stereocenters. The molecule has 0 bridgehead atoms. The van der Waals surface area contributed by atoms with Crippen molar-refractivity contribution in [2.45, 2.75) is 6.92 Å². The molecule has 0 saturated carbocycles. The van der Waals surface area contributed by atoms with E-state index in [0.29, 0.717) is 17.2 Å². The van der Waals surface area contributed by atoms with Crippen LogP contribution in [0.3, 0.4) is 0 Å². The smallest absolute Gasteiger partial charge is 0.258 e. The zero-order valence-electron chi connectivity index (χ0n) is 12.2. The summed E-state index contributed by atoms with van der Waals surface area (Å²) in [4.78, 5) is 12.1. The van der Waals surface area contributed by atoms with E-state index in [1.807, 2.05) is 19.1 Å². The maximum absolute atomic E-state index is 12.1. The van der Waals surface area contributed by atoms with Gasteiger partial charge in [0.05, 0.1) is 17.2 Å². The number of ether oxygens (including phenoxy) is 1. The van der Waals surface area contributed by atoms with Crippen LogP contribution in [-0.2, 0) is 0 Å². The highest BCUT2D eigenvalue weighted by molar-refractivity contribution is 7.80. The van der Waals surface area contributed by atoms with Gasteiger partial charge in [-0.05, 0) is 61.6 Å². The Bertz CT molecular complexity index is 721. The van der Waals surface area contributed by atoms with Gasteiger partial charge in [-0.25, -0.2) is 0 Å². The maximum atomic E-state index is 12.1. The van der Waals surface area contributed by atoms with Crippen LogP contribution in [0.2, 0.25) is 10.0 Å². The van der Waals surface area contributed by atoms with Gasteiger partial charge in [-0.15, -0.1) is 0 Å². The Kier molecular flexibility index (Phi) is 6.21. The summed E-state index contributed by atoms with van der Waals surface area (Å²) in [5, 5.41) is 6.38. The number of carbonyl (C=O) groups is 1. The average molecular weight is 369 g/mol. The van der Waals surface area contributed by atoms with Crippen LogP contribution in [0, 0.1) is 0 Å². The van der Waals surface area contributed by atoms with Crippen molar-refractivity contribution in [2.75, 3.05) is 11.9 Å². The van der Waals surface area contributed by atoms with E-state index in [-0.39, 0.29) is 10.1 Å². The van der Waals surface area contributed by atoms with Gasteiger partial charge in [0.25, 0.3) is 5.91 Å². The van der Waals surface area contributed by atoms with Gasteiger partial charge >= 0.3 is 0 Å². The first-order valence-electron chi connectivity index (χ1n) is 6.80. The molecule has 0 aliphatic rings. The van der Waals surface area contributed by atoms with Crippen molar-refractivity contribution in [1.82, 2.24) is 5.32 Å². The monoisotopic (exact) mass is 368 g/mol. The summed E-state index contributed by atoms with van der Waals surface area (Å²) in [6.07, 6.45) is 0. The predicted molar refractivity (Wildman–Crippen MR) is 97.8 cm³/mol. The fourth-order valence-electron chi connectivity index (χ4n) is 1.81. The maximum Gasteiger partial charge on any atom is 0.258 e. The Labute approximate surface area is 149 Å². The molecule has 4 nitrogen and oxygen atoms in total. The van der Waals surface area contributed by atoms with Gasteiger partial charge < -0.3 is 10.1 Å². The first kappa shape index (κ1) is 17.5. The molecule has 23 heavy (non-hydrogen) atoms. The molecule has 2 aromatic rings. The number of thiocarbonyl (C=S) groups is 1. The lowest BCUT2D eigenvalue weighted by Crippen LogP contribution is -2.34. The number of benzene rings is 2. The van der Waals surface area contributed by atoms with Crippen molar-refractivity contribution in [3.63, 3.8) is 0 Å². The summed E-state index contributed by atoms with van der Waals surface area (Å²) in [5.74, 6) is 0.357. The Balaban J connectivity index is 1.97. The third-order valence-electron chi connectivity index (χ3n) is 2.83. The predicted octanol–water partition coefficient (Wildman–Crippen LogP) is 4.52. The van der Waals surface area contributed by atoms with Gasteiger partial charge in [0.2, 0.25) is 0 Å². The van der Waals surface area contributed by atoms with Crippen molar-refractivity contribution < 1.29 is 9.53 Å². The molecule has 0 unspecified atom stereocenters. The van der Waals surface area contributed by atoms with Crippen molar-refractivity contribution in [1.29, 1.82) is 0 Å². The second-order valence-corrected chi connectivity index (χ2v) is 5.74. The van der Waals surface area contributed by atoms with Gasteiger partial charge in [0, 0.05) is 10.7 Å². The molecule has 0 aliphatic carbocycles. The SMILES string of the molecule is CCOc1ccc(NC(=S)NC(=O)c2ccc(Cl)cc2Cl)cc1. The number of carbonyl (C=O) groups excluding carboxylic acids is 1. The largest absolute Gasteiger partial charge is 0.494 e. The number of rotatable bonds is 4. The Hall–Kier alpha value is -1.82. The number of halogens is 2. The van der Waals surface area contributed by atoms with Gasteiger partial charge in [-0.3, -0.25) is 10.1 Å². The summed E-state index contributed by atoms with van der Waals surface area (Å²) in [5.41, 5.74) is 1.04. The minimum atomic E-state index is -0.407. The zero-order chi connectivity index (χ0) is 16.8. The molecule has 0 radical (unpaired) electrons. The summed E-state index contributed by atoms with van der Waals surface area (Å²) in [6, 6.07) is 11.9. The van der Waals surface area contributed by atoms with Crippen molar-refractivity contribution >= 4 is 52.1 Å². The fraction of sp³-hybridized carbons (Fsp3) is 0.125. The zero-order valence-corrected chi connectivity index (χ0v) is 14.6. The van der Waals surface area contributed by atoms with Crippen molar-refractivity contribution in [2.24, 2.45) is 0 Å². The number of anilines is 1. The van der Waals surface area contributed by atoms with Crippen LogP contribution in [0.15, 0.2) is 42.5 Å². The van der Waals surface area contributed by atoms with Crippen LogP contribution in [0.1, 0.15) is 17.3 Å². The third kappa shape index (κ3) is 5.10. The molecule has 0 saturated heterocycles. The molecular weight excluding hydrogens is 355 g/mol. The minimum absolute atomic E-state index is 0.171. The lowest BCUT2D eigenvalue weighted by Gasteiger charge is -2.11. The van der Waals surface area contributed by atoms with E-state index in [4.69, 9.17) is 40.2 Å². The summed E-state index contributed by atoms with van der Waals surface area (Å²) in [7, 11) is 0. The molecule has 0 spiro atoms. The summed E-state index contributed by atoms with van der Waals surface area (Å²) >= 11 is 16.9. The number of hydrogen-bond acceptors (Lipinski definition) is 3. The minimum Gasteiger partial charge on any atom is -0.494 e. The molecule has 0 aromatic heterocycles. The van der Waals surface area contributed by atoms with Crippen LogP contribution in [-0.4, -0.2) is 17.6 Å². The Morgan fingerprint density at radius 1 is 1.17 bits per heavy atom. The van der Waals surface area contributed by atoms with Gasteiger partial charge in [-0.1, -0.05) is 23.2 Å². The lowest BCUT2D eigenvalue weighted by atomic mass is 10.2. The molecule has 1 amide bonds. The van der Waals surface area contributed by atoms with Crippen LogP contribution in [0.25, 0.3) is 0 Å². The average Bonchev–Trinajstić information content (AvgIpc) is 2.49. The molecule has 2 aromatic carbocycles. The molecule has 7 heteroatoms. The molecule has 0 fully saturated rings. The summed E-state index contributed by atoms with van der Waals surface area (Å²) < 4.78 is 5.36. The van der Waals surface area contributed by atoms with Crippen LogP contribution >= 0.6 is 35.4 Å². The molecule has 0 aliphatic heterocycles. The Morgan fingerprint density at radius 3 is 2.48 bits per heavy atom. The van der Waals surface area contributed by atoms with Crippen LogP contribution in [0.5, 0.6) is 5.75 Å². The van der Waals surface area contributed by atoms with E-state index in [9.17, 15) is 4.79 Å². The highest BCUT2D eigenvalue weighted by atomic mass is 35.5. The second kappa shape index (κ2) is 8.15. The normalized spacial score (nSPS) is 10.0. The lowest BCUT2D eigenvalue weighted by molar-refractivity contribution is 0.0978. The third-order valence-corrected chi connectivity index (χ3v) is 3.58. The van der Waals surface area contributed by atoms with Gasteiger partial charge in [-0.2, -0.15) is 0 Å². The van der Waals surface area contributed by atoms with E-state index in [2.05, 4.69) is 10.6 Å². The Morgan fingerprint density at radius 2 is 1.87 bits per heavy atom. The van der Waals surface area contributed by atoms with Crippen LogP contribution < -0.4 is 15.4 Å². The molecule has 0 heterocycles. The highest BCUT2D eigenvalue weighted by Gasteiger charge is 2.12. The van der Waals surface area contributed by atoms with E-state index in [1.54, 1.807) is 24.3 Å².